The number of amides is 2. The standard InChI is InChI=1S/C26H34BrN3O4.C24H30BrN3O4/c1-14-11-15(2)29-25(32)20(14)13-28-24(31)19-12-21(27)23-22(16(19)3)33-26(4,34-23)17-7-9-18(10-8-17)30(5)6;1-12-9-13(2)28-23(30)18(12)11-27-22(29)17-10-19(25)21-20(14(17)3)31-24(4,32-21)15-5-7-16(26)8-6-15/h11-12,17-18H,7-10,13H2,1-6H3,(H,28,31)(H,29,32);9-10,15-16H,5-8,11,26H2,1-4H3,(H,27,29)(H,28,30). The third-order valence-electron chi connectivity index (χ3n) is 14.1. The van der Waals surface area contributed by atoms with Gasteiger partial charge in [-0.2, -0.15) is 0 Å². The smallest absolute Gasteiger partial charge is 0.253 e. The summed E-state index contributed by atoms with van der Waals surface area (Å²) >= 11 is 7.14. The zero-order valence-electron chi connectivity index (χ0n) is 39.7. The second-order valence-electron chi connectivity index (χ2n) is 19.2. The van der Waals surface area contributed by atoms with Gasteiger partial charge in [-0.15, -0.1) is 0 Å². The molecule has 16 heteroatoms. The zero-order valence-corrected chi connectivity index (χ0v) is 42.9. The van der Waals surface area contributed by atoms with Gasteiger partial charge in [0.25, 0.3) is 34.5 Å². The van der Waals surface area contributed by atoms with E-state index in [1.165, 1.54) is 0 Å². The first-order valence-electron chi connectivity index (χ1n) is 22.9. The van der Waals surface area contributed by atoms with Gasteiger partial charge in [-0.1, -0.05) is 0 Å². The maximum Gasteiger partial charge on any atom is 0.253 e. The number of carbonyl (C=O) groups is 2. The molecular formula is C50H64Br2N6O8. The zero-order chi connectivity index (χ0) is 48.0. The molecule has 0 bridgehead atoms. The summed E-state index contributed by atoms with van der Waals surface area (Å²) in [6.07, 6.45) is 8.08. The van der Waals surface area contributed by atoms with E-state index < -0.39 is 11.6 Å². The number of nitrogens with one attached hydrogen (secondary N) is 4. The number of pyridine rings is 2. The third-order valence-corrected chi connectivity index (χ3v) is 15.3. The van der Waals surface area contributed by atoms with Gasteiger partial charge >= 0.3 is 0 Å². The molecule has 8 rings (SSSR count). The Kier molecular flexibility index (Phi) is 14.6. The first-order chi connectivity index (χ1) is 31.1. The van der Waals surface area contributed by atoms with E-state index in [0.29, 0.717) is 65.8 Å². The molecule has 2 atom stereocenters. The van der Waals surface area contributed by atoms with Crippen molar-refractivity contribution in [2.24, 2.45) is 17.6 Å². The number of carbonyl (C=O) groups excluding carboxylic acids is 2. The van der Waals surface area contributed by atoms with Crippen LogP contribution in [0.4, 0.5) is 0 Å². The number of aromatic nitrogens is 2. The number of H-pyrrole nitrogens is 2. The minimum absolute atomic E-state index is 0.145. The predicted octanol–water partition coefficient (Wildman–Crippen LogP) is 8.60. The van der Waals surface area contributed by atoms with Gasteiger partial charge in [0.15, 0.2) is 23.0 Å². The molecule has 0 radical (unpaired) electrons. The van der Waals surface area contributed by atoms with Gasteiger partial charge in [-0.05, 0) is 174 Å². The Balaban J connectivity index is 0.000000197. The number of aromatic amines is 2. The van der Waals surface area contributed by atoms with Crippen molar-refractivity contribution < 1.29 is 28.5 Å². The molecule has 2 aliphatic heterocycles. The van der Waals surface area contributed by atoms with Crippen molar-refractivity contribution in [1.29, 1.82) is 0 Å². The molecule has 4 aromatic rings. The maximum absolute atomic E-state index is 13.1. The first-order valence-corrected chi connectivity index (χ1v) is 24.5. The summed E-state index contributed by atoms with van der Waals surface area (Å²) in [5.41, 5.74) is 12.5. The van der Waals surface area contributed by atoms with Crippen molar-refractivity contribution in [3.05, 3.63) is 110 Å². The largest absolute Gasteiger partial charge is 0.448 e. The van der Waals surface area contributed by atoms with Gasteiger partial charge in [0.2, 0.25) is 0 Å². The average molecular weight is 1040 g/mol. The number of aryl methyl sites for hydroxylation is 4. The molecule has 356 valence electrons. The quantitative estimate of drug-likeness (QED) is 0.109. The predicted molar refractivity (Wildman–Crippen MR) is 262 cm³/mol. The van der Waals surface area contributed by atoms with Crippen molar-refractivity contribution in [2.45, 2.75) is 144 Å². The van der Waals surface area contributed by atoms with E-state index in [9.17, 15) is 19.2 Å². The fraction of sp³-hybridized carbons (Fsp3) is 0.520. The number of nitrogens with two attached hydrogens (primary N) is 1. The van der Waals surface area contributed by atoms with Gasteiger partial charge in [-0.25, -0.2) is 0 Å². The molecular weight excluding hydrogens is 972 g/mol. The lowest BCUT2D eigenvalue weighted by Crippen LogP contribution is -2.46. The number of halogens is 2. The highest BCUT2D eigenvalue weighted by Crippen LogP contribution is 2.53. The summed E-state index contributed by atoms with van der Waals surface area (Å²) in [4.78, 5) is 58.6. The normalized spacial score (nSPS) is 24.2. The van der Waals surface area contributed by atoms with Gasteiger partial charge in [0.05, 0.1) is 8.95 Å². The van der Waals surface area contributed by atoms with Crippen LogP contribution in [0.1, 0.15) is 131 Å². The molecule has 0 saturated heterocycles. The molecule has 2 aromatic heterocycles. The Morgan fingerprint density at radius 1 is 0.636 bits per heavy atom. The summed E-state index contributed by atoms with van der Waals surface area (Å²) in [5.74, 6) is 0.915. The highest BCUT2D eigenvalue weighted by Gasteiger charge is 2.49. The molecule has 2 aromatic carbocycles. The number of rotatable bonds is 9. The minimum atomic E-state index is -0.781. The van der Waals surface area contributed by atoms with E-state index in [1.807, 2.05) is 67.5 Å². The number of hydrogen-bond acceptors (Lipinski definition) is 10. The van der Waals surface area contributed by atoms with Crippen LogP contribution in [0.25, 0.3) is 0 Å². The fourth-order valence-corrected chi connectivity index (χ4v) is 11.0. The molecule has 2 unspecified atom stereocenters. The third kappa shape index (κ3) is 10.1. The lowest BCUT2D eigenvalue weighted by Gasteiger charge is -2.39. The molecule has 2 saturated carbocycles. The van der Waals surface area contributed by atoms with Crippen LogP contribution in [0.3, 0.4) is 0 Å². The maximum atomic E-state index is 13.1. The van der Waals surface area contributed by atoms with E-state index in [1.54, 1.807) is 12.1 Å². The van der Waals surface area contributed by atoms with Crippen LogP contribution >= 0.6 is 31.9 Å². The van der Waals surface area contributed by atoms with Crippen LogP contribution in [0, 0.1) is 53.4 Å². The van der Waals surface area contributed by atoms with Crippen molar-refractivity contribution in [3.8, 4) is 23.0 Å². The number of fused-ring (bicyclic) bond motifs is 2. The summed E-state index contributed by atoms with van der Waals surface area (Å²) < 4.78 is 26.9. The summed E-state index contributed by atoms with van der Waals surface area (Å²) in [7, 11) is 4.27. The highest BCUT2D eigenvalue weighted by atomic mass is 79.9. The summed E-state index contributed by atoms with van der Waals surface area (Å²) in [6, 6.07) is 8.15. The van der Waals surface area contributed by atoms with Gasteiger partial charge in [0, 0.05) is 95.6 Å². The average Bonchev–Trinajstić information content (AvgIpc) is 3.83. The SMILES string of the molecule is Cc1cc(C)c(CNC(=O)c2cc(Br)c3c(c2C)OC(C)(C2CCC(N(C)C)CC2)O3)c(=O)[nH]1.Cc1cc(C)c(CNC(=O)c2cc(Br)c3c(c2C)OC(C)(C2CCC(N)CC2)O3)c(=O)[nH]1. The van der Waals surface area contributed by atoms with E-state index in [0.717, 1.165) is 79.4 Å². The Bertz CT molecular complexity index is 2650. The second-order valence-corrected chi connectivity index (χ2v) is 20.9. The van der Waals surface area contributed by atoms with E-state index in [2.05, 4.69) is 71.5 Å². The van der Waals surface area contributed by atoms with E-state index >= 15 is 0 Å². The topological polar surface area (TPSA) is 190 Å². The Morgan fingerprint density at radius 3 is 1.36 bits per heavy atom. The number of hydrogen-bond donors (Lipinski definition) is 5. The van der Waals surface area contributed by atoms with Crippen LogP contribution in [0.2, 0.25) is 0 Å². The lowest BCUT2D eigenvalue weighted by molar-refractivity contribution is -0.123. The number of nitrogens with zero attached hydrogens (tertiary/aromatic N) is 1. The van der Waals surface area contributed by atoms with Crippen molar-refractivity contribution in [1.82, 2.24) is 25.5 Å². The number of benzene rings is 2. The van der Waals surface area contributed by atoms with E-state index in [-0.39, 0.29) is 53.9 Å². The fourth-order valence-electron chi connectivity index (χ4n) is 9.99. The van der Waals surface area contributed by atoms with Gasteiger partial charge in [-0.3, -0.25) is 19.2 Å². The first kappa shape index (κ1) is 49.3. The Morgan fingerprint density at radius 2 is 1.00 bits per heavy atom. The Labute approximate surface area is 403 Å². The van der Waals surface area contributed by atoms with Crippen LogP contribution in [-0.2, 0) is 13.1 Å². The molecule has 0 spiro atoms. The van der Waals surface area contributed by atoms with Gasteiger partial charge < -0.3 is 50.2 Å². The second kappa shape index (κ2) is 19.5. The molecule has 14 nitrogen and oxygen atoms in total. The van der Waals surface area contributed by atoms with Crippen molar-refractivity contribution in [3.63, 3.8) is 0 Å². The van der Waals surface area contributed by atoms with Crippen LogP contribution < -0.4 is 46.4 Å². The number of ether oxygens (including phenoxy) is 4. The van der Waals surface area contributed by atoms with E-state index in [4.69, 9.17) is 24.7 Å². The van der Waals surface area contributed by atoms with Crippen molar-refractivity contribution >= 4 is 43.7 Å². The molecule has 66 heavy (non-hydrogen) atoms. The van der Waals surface area contributed by atoms with Crippen LogP contribution in [0.15, 0.2) is 42.8 Å². The molecule has 4 heterocycles. The summed E-state index contributed by atoms with van der Waals surface area (Å²) in [6.45, 7) is 15.4. The van der Waals surface area contributed by atoms with Gasteiger partial charge in [0.1, 0.15) is 0 Å². The monoisotopic (exact) mass is 1030 g/mol. The molecule has 2 aliphatic carbocycles. The highest BCUT2D eigenvalue weighted by molar-refractivity contribution is 9.11. The van der Waals surface area contributed by atoms with Crippen LogP contribution in [-0.4, -0.2) is 64.4 Å². The lowest BCUT2D eigenvalue weighted by atomic mass is 9.81. The van der Waals surface area contributed by atoms with Crippen LogP contribution in [0.5, 0.6) is 23.0 Å². The molecule has 2 amide bonds. The summed E-state index contributed by atoms with van der Waals surface area (Å²) in [5, 5.41) is 5.77. The molecule has 4 aliphatic rings. The van der Waals surface area contributed by atoms with Crippen molar-refractivity contribution in [2.75, 3.05) is 14.1 Å². The molecule has 6 N–H and O–H groups in total. The Hall–Kier alpha value is -4.64. The molecule has 2 fully saturated rings. The minimum Gasteiger partial charge on any atom is -0.448 e.